The van der Waals surface area contributed by atoms with E-state index in [1.54, 1.807) is 0 Å². The maximum absolute atomic E-state index is 11.6. The molecule has 94 valence electrons. The molecule has 1 aliphatic heterocycles. The molecule has 17 heavy (non-hydrogen) atoms. The van der Waals surface area contributed by atoms with E-state index in [2.05, 4.69) is 26.5 Å². The van der Waals surface area contributed by atoms with Crippen molar-refractivity contribution < 1.29 is 9.53 Å². The number of ether oxygens (including phenoxy) is 1. The van der Waals surface area contributed by atoms with Gasteiger partial charge in [-0.1, -0.05) is 18.2 Å². The van der Waals surface area contributed by atoms with Gasteiger partial charge in [0.15, 0.2) is 5.78 Å². The van der Waals surface area contributed by atoms with Gasteiger partial charge in [-0.05, 0) is 51.5 Å². The van der Waals surface area contributed by atoms with Crippen LogP contribution in [0.2, 0.25) is 0 Å². The van der Waals surface area contributed by atoms with Gasteiger partial charge in [0.1, 0.15) is 0 Å². The molecule has 1 fully saturated rings. The van der Waals surface area contributed by atoms with E-state index >= 15 is 0 Å². The lowest BCUT2D eigenvalue weighted by molar-refractivity contribution is -0.116. The topological polar surface area (TPSA) is 29.6 Å². The highest BCUT2D eigenvalue weighted by Gasteiger charge is 2.47. The molecule has 0 radical (unpaired) electrons. The number of hydrogen-bond donors (Lipinski definition) is 0. The molecule has 0 amide bonds. The van der Waals surface area contributed by atoms with Gasteiger partial charge in [-0.2, -0.15) is 0 Å². The summed E-state index contributed by atoms with van der Waals surface area (Å²) in [5.74, 6) is 0.637. The predicted molar refractivity (Wildman–Crippen MR) is 68.8 cm³/mol. The molecule has 2 heteroatoms. The van der Waals surface area contributed by atoms with Crippen LogP contribution in [-0.2, 0) is 9.53 Å². The highest BCUT2D eigenvalue weighted by Crippen LogP contribution is 2.40. The molecular formula is C15H22O2. The average Bonchev–Trinajstić information content (AvgIpc) is 2.87. The van der Waals surface area contributed by atoms with E-state index in [0.29, 0.717) is 18.4 Å². The summed E-state index contributed by atoms with van der Waals surface area (Å²) in [6.45, 7) is 10.3. The van der Waals surface area contributed by atoms with Crippen molar-refractivity contribution >= 4 is 5.78 Å². The molecule has 0 spiro atoms. The van der Waals surface area contributed by atoms with Crippen LogP contribution in [0.4, 0.5) is 0 Å². The summed E-state index contributed by atoms with van der Waals surface area (Å²) in [7, 11) is 0. The minimum atomic E-state index is 0.0686. The fraction of sp³-hybridized carbons (Fsp3) is 0.667. The summed E-state index contributed by atoms with van der Waals surface area (Å²) in [6, 6.07) is 0. The number of ketones is 1. The van der Waals surface area contributed by atoms with Gasteiger partial charge in [0.25, 0.3) is 0 Å². The monoisotopic (exact) mass is 234 g/mol. The van der Waals surface area contributed by atoms with E-state index in [0.717, 1.165) is 24.8 Å². The van der Waals surface area contributed by atoms with Gasteiger partial charge in [-0.3, -0.25) is 4.79 Å². The zero-order valence-electron chi connectivity index (χ0n) is 11.1. The van der Waals surface area contributed by atoms with Crippen LogP contribution in [-0.4, -0.2) is 17.5 Å². The van der Waals surface area contributed by atoms with Gasteiger partial charge < -0.3 is 4.74 Å². The number of epoxide rings is 1. The van der Waals surface area contributed by atoms with E-state index < -0.39 is 0 Å². The quantitative estimate of drug-likeness (QED) is 0.551. The predicted octanol–water partition coefficient (Wildman–Crippen LogP) is 3.43. The molecule has 2 nitrogen and oxygen atoms in total. The fourth-order valence-electron chi connectivity index (χ4n) is 2.47. The second-order valence-electron chi connectivity index (χ2n) is 5.85. The molecule has 1 saturated heterocycles. The highest BCUT2D eigenvalue weighted by atomic mass is 16.6. The van der Waals surface area contributed by atoms with Crippen LogP contribution in [0.25, 0.3) is 0 Å². The maximum Gasteiger partial charge on any atom is 0.158 e. The second-order valence-corrected chi connectivity index (χ2v) is 5.85. The van der Waals surface area contributed by atoms with Crippen molar-refractivity contribution in [1.82, 2.24) is 0 Å². The van der Waals surface area contributed by atoms with Crippen LogP contribution in [0.5, 0.6) is 0 Å². The Labute approximate surface area is 104 Å². The maximum atomic E-state index is 11.6. The number of hydrogen-bond acceptors (Lipinski definition) is 2. The van der Waals surface area contributed by atoms with Gasteiger partial charge >= 0.3 is 0 Å². The Hall–Kier alpha value is -0.890. The Bertz CT molecular complexity index is 376. The molecule has 1 aliphatic carbocycles. The highest BCUT2D eigenvalue weighted by molar-refractivity contribution is 5.95. The molecule has 0 N–H and O–H groups in total. The third-order valence-corrected chi connectivity index (χ3v) is 4.05. The Morgan fingerprint density at radius 3 is 2.76 bits per heavy atom. The standard InChI is InChI=1S/C15H22O2/c1-10(6-8-14-15(3,4)17-14)12-7-5-11(2)13(16)9-12/h5,12,14H,1,6-9H2,2-4H3. The number of carbonyl (C=O) groups excluding carboxylic acids is 1. The first kappa shape index (κ1) is 12.6. The molecule has 1 heterocycles. The van der Waals surface area contributed by atoms with E-state index in [-0.39, 0.29) is 11.4 Å². The summed E-state index contributed by atoms with van der Waals surface area (Å²) >= 11 is 0. The summed E-state index contributed by atoms with van der Waals surface area (Å²) in [5.41, 5.74) is 2.20. The van der Waals surface area contributed by atoms with Crippen LogP contribution in [0.1, 0.15) is 46.5 Å². The first-order chi connectivity index (χ1) is 7.90. The van der Waals surface area contributed by atoms with Crippen molar-refractivity contribution in [2.24, 2.45) is 5.92 Å². The Balaban J connectivity index is 1.79. The fourth-order valence-corrected chi connectivity index (χ4v) is 2.47. The molecular weight excluding hydrogens is 212 g/mol. The third kappa shape index (κ3) is 2.86. The van der Waals surface area contributed by atoms with Gasteiger partial charge in [0.05, 0.1) is 11.7 Å². The number of Topliss-reactive ketones (excluding diaryl/α,β-unsaturated/α-hetero) is 1. The van der Waals surface area contributed by atoms with E-state index in [9.17, 15) is 4.79 Å². The molecule has 0 aromatic carbocycles. The smallest absolute Gasteiger partial charge is 0.158 e. The largest absolute Gasteiger partial charge is 0.367 e. The van der Waals surface area contributed by atoms with E-state index in [1.807, 2.05) is 6.92 Å². The number of rotatable bonds is 4. The van der Waals surface area contributed by atoms with Crippen molar-refractivity contribution in [3.8, 4) is 0 Å². The molecule has 0 saturated carbocycles. The lowest BCUT2D eigenvalue weighted by atomic mass is 9.82. The molecule has 2 rings (SSSR count). The lowest BCUT2D eigenvalue weighted by Gasteiger charge is -2.21. The van der Waals surface area contributed by atoms with Crippen LogP contribution < -0.4 is 0 Å². The normalized spacial score (nSPS) is 31.0. The zero-order valence-corrected chi connectivity index (χ0v) is 11.1. The van der Waals surface area contributed by atoms with Crippen molar-refractivity contribution in [1.29, 1.82) is 0 Å². The van der Waals surface area contributed by atoms with Crippen LogP contribution >= 0.6 is 0 Å². The first-order valence-electron chi connectivity index (χ1n) is 6.45. The summed E-state index contributed by atoms with van der Waals surface area (Å²) < 4.78 is 5.56. The Morgan fingerprint density at radius 2 is 2.24 bits per heavy atom. The van der Waals surface area contributed by atoms with Gasteiger partial charge in [-0.25, -0.2) is 0 Å². The van der Waals surface area contributed by atoms with Crippen LogP contribution in [0, 0.1) is 5.92 Å². The summed E-state index contributed by atoms with van der Waals surface area (Å²) in [5, 5.41) is 0. The van der Waals surface area contributed by atoms with Crippen molar-refractivity contribution in [2.75, 3.05) is 0 Å². The van der Waals surface area contributed by atoms with Crippen LogP contribution in [0.3, 0.4) is 0 Å². The summed E-state index contributed by atoms with van der Waals surface area (Å²) in [6.07, 6.45) is 6.09. The zero-order chi connectivity index (χ0) is 12.6. The SMILES string of the molecule is C=C(CCC1OC1(C)C)C1CC=C(C)C(=O)C1. The molecule has 2 unspecified atom stereocenters. The Morgan fingerprint density at radius 1 is 1.59 bits per heavy atom. The van der Waals surface area contributed by atoms with Gasteiger partial charge in [-0.15, -0.1) is 0 Å². The molecule has 2 aliphatic rings. The molecule has 2 atom stereocenters. The number of carbonyl (C=O) groups is 1. The molecule has 0 aromatic rings. The van der Waals surface area contributed by atoms with Crippen molar-refractivity contribution in [3.05, 3.63) is 23.8 Å². The van der Waals surface area contributed by atoms with E-state index in [4.69, 9.17) is 4.74 Å². The van der Waals surface area contributed by atoms with Gasteiger partial charge in [0, 0.05) is 6.42 Å². The second kappa shape index (κ2) is 4.41. The third-order valence-electron chi connectivity index (χ3n) is 4.05. The Kier molecular flexibility index (Phi) is 3.26. The van der Waals surface area contributed by atoms with Crippen molar-refractivity contribution in [2.45, 2.75) is 58.2 Å². The molecule has 0 bridgehead atoms. The van der Waals surface area contributed by atoms with E-state index in [1.165, 1.54) is 5.57 Å². The first-order valence-corrected chi connectivity index (χ1v) is 6.45. The minimum absolute atomic E-state index is 0.0686. The lowest BCUT2D eigenvalue weighted by Crippen LogP contribution is -2.16. The number of allylic oxidation sites excluding steroid dienone is 3. The minimum Gasteiger partial charge on any atom is -0.367 e. The average molecular weight is 234 g/mol. The summed E-state index contributed by atoms with van der Waals surface area (Å²) in [4.78, 5) is 11.6. The van der Waals surface area contributed by atoms with Gasteiger partial charge in [0.2, 0.25) is 0 Å². The van der Waals surface area contributed by atoms with Crippen molar-refractivity contribution in [3.63, 3.8) is 0 Å². The molecule has 0 aromatic heterocycles. The van der Waals surface area contributed by atoms with Crippen LogP contribution in [0.15, 0.2) is 23.8 Å².